The molecule has 0 bridgehead atoms. The standard InChI is InChI=1S/C6H11N3O2/c1-6(9(10)11)4-5-7-8(2)3/h4-5H,1-3H3/b6-4+,7-5+. The number of allylic oxidation sites excluding steroid dienone is 2. The van der Waals surface area contributed by atoms with Crippen molar-refractivity contribution in [2.75, 3.05) is 14.1 Å². The molecular formula is C6H11N3O2. The molecule has 0 aliphatic rings. The van der Waals surface area contributed by atoms with Gasteiger partial charge in [-0.1, -0.05) is 0 Å². The van der Waals surface area contributed by atoms with Crippen molar-refractivity contribution in [1.82, 2.24) is 5.01 Å². The molecular weight excluding hydrogens is 146 g/mol. The minimum Gasteiger partial charge on any atom is -0.303 e. The number of hydrazone groups is 1. The highest BCUT2D eigenvalue weighted by Crippen LogP contribution is 1.89. The molecule has 0 unspecified atom stereocenters. The maximum absolute atomic E-state index is 10.0. The first kappa shape index (κ1) is 9.61. The van der Waals surface area contributed by atoms with E-state index in [1.54, 1.807) is 19.1 Å². The van der Waals surface area contributed by atoms with Gasteiger partial charge in [0.2, 0.25) is 5.70 Å². The van der Waals surface area contributed by atoms with E-state index in [0.29, 0.717) is 0 Å². The first-order valence-electron chi connectivity index (χ1n) is 3.06. The normalized spacial score (nSPS) is 12.1. The van der Waals surface area contributed by atoms with Gasteiger partial charge in [0.25, 0.3) is 0 Å². The van der Waals surface area contributed by atoms with Crippen LogP contribution in [0.3, 0.4) is 0 Å². The van der Waals surface area contributed by atoms with Crippen molar-refractivity contribution in [3.05, 3.63) is 21.9 Å². The Balaban J connectivity index is 4.02. The zero-order valence-corrected chi connectivity index (χ0v) is 6.81. The van der Waals surface area contributed by atoms with Crippen LogP contribution in [0.4, 0.5) is 0 Å². The topological polar surface area (TPSA) is 58.7 Å². The summed E-state index contributed by atoms with van der Waals surface area (Å²) in [6, 6.07) is 0. The van der Waals surface area contributed by atoms with Crippen LogP contribution in [-0.4, -0.2) is 30.2 Å². The van der Waals surface area contributed by atoms with Crippen LogP contribution in [0.5, 0.6) is 0 Å². The van der Waals surface area contributed by atoms with E-state index in [-0.39, 0.29) is 5.70 Å². The van der Waals surface area contributed by atoms with Gasteiger partial charge in [-0.15, -0.1) is 0 Å². The van der Waals surface area contributed by atoms with E-state index in [4.69, 9.17) is 0 Å². The molecule has 0 aliphatic heterocycles. The Morgan fingerprint density at radius 1 is 1.64 bits per heavy atom. The quantitative estimate of drug-likeness (QED) is 0.344. The lowest BCUT2D eigenvalue weighted by atomic mass is 10.5. The van der Waals surface area contributed by atoms with Crippen molar-refractivity contribution in [1.29, 1.82) is 0 Å². The number of nitro groups is 1. The fourth-order valence-corrected chi connectivity index (χ4v) is 0.335. The van der Waals surface area contributed by atoms with Crippen LogP contribution < -0.4 is 0 Å². The van der Waals surface area contributed by atoms with Gasteiger partial charge in [0, 0.05) is 27.1 Å². The first-order chi connectivity index (χ1) is 5.04. The highest BCUT2D eigenvalue weighted by Gasteiger charge is 1.97. The van der Waals surface area contributed by atoms with Gasteiger partial charge in [-0.25, -0.2) is 0 Å². The van der Waals surface area contributed by atoms with E-state index in [1.165, 1.54) is 19.2 Å². The summed E-state index contributed by atoms with van der Waals surface area (Å²) in [7, 11) is 3.48. The second kappa shape index (κ2) is 4.43. The first-order valence-corrected chi connectivity index (χ1v) is 3.06. The van der Waals surface area contributed by atoms with Crippen LogP contribution in [-0.2, 0) is 0 Å². The van der Waals surface area contributed by atoms with Crippen LogP contribution in [0, 0.1) is 10.1 Å². The maximum Gasteiger partial charge on any atom is 0.244 e. The minimum absolute atomic E-state index is 0.0793. The Morgan fingerprint density at radius 3 is 2.55 bits per heavy atom. The van der Waals surface area contributed by atoms with E-state index < -0.39 is 4.92 Å². The molecule has 0 radical (unpaired) electrons. The van der Waals surface area contributed by atoms with Crippen molar-refractivity contribution in [3.8, 4) is 0 Å². The smallest absolute Gasteiger partial charge is 0.244 e. The van der Waals surface area contributed by atoms with E-state index in [9.17, 15) is 10.1 Å². The molecule has 5 nitrogen and oxygen atoms in total. The molecule has 0 N–H and O–H groups in total. The second-order valence-electron chi connectivity index (χ2n) is 2.18. The van der Waals surface area contributed by atoms with Gasteiger partial charge in [0.15, 0.2) is 0 Å². The Labute approximate surface area is 65.2 Å². The third-order valence-corrected chi connectivity index (χ3v) is 0.901. The summed E-state index contributed by atoms with van der Waals surface area (Å²) in [5.74, 6) is 0. The average Bonchev–Trinajstić information content (AvgIpc) is 1.86. The molecule has 0 aromatic heterocycles. The Bertz CT molecular complexity index is 196. The largest absolute Gasteiger partial charge is 0.303 e. The minimum atomic E-state index is -0.457. The molecule has 0 atom stereocenters. The third-order valence-electron chi connectivity index (χ3n) is 0.901. The predicted octanol–water partition coefficient (Wildman–Crippen LogP) is 0.714. The molecule has 5 heteroatoms. The van der Waals surface area contributed by atoms with Gasteiger partial charge in [-0.3, -0.25) is 10.1 Å². The number of hydrogen-bond acceptors (Lipinski definition) is 4. The molecule has 0 aliphatic carbocycles. The summed E-state index contributed by atoms with van der Waals surface area (Å²) < 4.78 is 0. The van der Waals surface area contributed by atoms with Crippen LogP contribution in [0.2, 0.25) is 0 Å². The Kier molecular flexibility index (Phi) is 3.87. The van der Waals surface area contributed by atoms with Gasteiger partial charge in [0.05, 0.1) is 11.1 Å². The maximum atomic E-state index is 10.0. The summed E-state index contributed by atoms with van der Waals surface area (Å²) in [6.45, 7) is 1.42. The molecule has 0 spiro atoms. The van der Waals surface area contributed by atoms with Gasteiger partial charge in [0.1, 0.15) is 0 Å². The Hall–Kier alpha value is -1.39. The van der Waals surface area contributed by atoms with Crippen LogP contribution in [0.15, 0.2) is 16.9 Å². The highest BCUT2D eigenvalue weighted by molar-refractivity contribution is 5.71. The summed E-state index contributed by atoms with van der Waals surface area (Å²) in [6.07, 6.45) is 2.73. The molecule has 62 valence electrons. The zero-order chi connectivity index (χ0) is 8.85. The number of hydrogen-bond donors (Lipinski definition) is 0. The van der Waals surface area contributed by atoms with Gasteiger partial charge in [-0.05, 0) is 0 Å². The van der Waals surface area contributed by atoms with E-state index in [1.807, 2.05) is 0 Å². The van der Waals surface area contributed by atoms with Gasteiger partial charge < -0.3 is 5.01 Å². The van der Waals surface area contributed by atoms with Crippen LogP contribution in [0.1, 0.15) is 6.92 Å². The SMILES string of the molecule is C/C(=C\C=N\N(C)C)[N+](=O)[O-]. The van der Waals surface area contributed by atoms with Crippen molar-refractivity contribution >= 4 is 6.21 Å². The lowest BCUT2D eigenvalue weighted by Crippen LogP contribution is -2.01. The molecule has 0 saturated carbocycles. The molecule has 0 rings (SSSR count). The molecule has 0 heterocycles. The van der Waals surface area contributed by atoms with Crippen molar-refractivity contribution in [2.45, 2.75) is 6.92 Å². The molecule has 0 aromatic carbocycles. The Morgan fingerprint density at radius 2 is 2.18 bits per heavy atom. The van der Waals surface area contributed by atoms with Crippen molar-refractivity contribution in [2.24, 2.45) is 5.10 Å². The molecule has 0 amide bonds. The monoisotopic (exact) mass is 157 g/mol. The van der Waals surface area contributed by atoms with Crippen LogP contribution in [0.25, 0.3) is 0 Å². The van der Waals surface area contributed by atoms with E-state index in [2.05, 4.69) is 5.10 Å². The number of nitrogens with zero attached hydrogens (tertiary/aromatic N) is 3. The predicted molar refractivity (Wildman–Crippen MR) is 42.9 cm³/mol. The summed E-state index contributed by atoms with van der Waals surface area (Å²) >= 11 is 0. The molecule has 11 heavy (non-hydrogen) atoms. The van der Waals surface area contributed by atoms with Crippen LogP contribution >= 0.6 is 0 Å². The molecule has 0 aromatic rings. The van der Waals surface area contributed by atoms with Gasteiger partial charge >= 0.3 is 0 Å². The van der Waals surface area contributed by atoms with Crippen molar-refractivity contribution < 1.29 is 4.92 Å². The lowest BCUT2D eigenvalue weighted by molar-refractivity contribution is -0.424. The van der Waals surface area contributed by atoms with E-state index in [0.717, 1.165) is 0 Å². The third kappa shape index (κ3) is 5.07. The zero-order valence-electron chi connectivity index (χ0n) is 6.81. The fourth-order valence-electron chi connectivity index (χ4n) is 0.335. The fraction of sp³-hybridized carbons (Fsp3) is 0.500. The highest BCUT2D eigenvalue weighted by atomic mass is 16.6. The number of rotatable bonds is 3. The summed E-state index contributed by atoms with van der Waals surface area (Å²) in [5, 5.41) is 15.4. The van der Waals surface area contributed by atoms with Crippen molar-refractivity contribution in [3.63, 3.8) is 0 Å². The van der Waals surface area contributed by atoms with Gasteiger partial charge in [-0.2, -0.15) is 5.10 Å². The molecule has 0 fully saturated rings. The summed E-state index contributed by atoms with van der Waals surface area (Å²) in [5.41, 5.74) is 0.0793. The second-order valence-corrected chi connectivity index (χ2v) is 2.18. The lowest BCUT2D eigenvalue weighted by Gasteiger charge is -1.99. The molecule has 0 saturated heterocycles. The van der Waals surface area contributed by atoms with E-state index >= 15 is 0 Å². The average molecular weight is 157 g/mol. The summed E-state index contributed by atoms with van der Waals surface area (Å²) in [4.78, 5) is 9.58.